The molecule has 0 aliphatic rings. The topological polar surface area (TPSA) is 26.3 Å². The molecule has 15 heavy (non-hydrogen) atoms. The summed E-state index contributed by atoms with van der Waals surface area (Å²) in [6.45, 7) is -2.31. The third kappa shape index (κ3) is 2.45. The first-order valence-corrected chi connectivity index (χ1v) is 3.87. The lowest BCUT2D eigenvalue weighted by Crippen LogP contribution is -2.08. The second kappa shape index (κ2) is 4.29. The third-order valence-electron chi connectivity index (χ3n) is 1.62. The van der Waals surface area contributed by atoms with Crippen molar-refractivity contribution in [2.75, 3.05) is 0 Å². The molecule has 0 fully saturated rings. The Morgan fingerprint density at radius 2 is 1.93 bits per heavy atom. The Kier molecular flexibility index (Phi) is 3.28. The Morgan fingerprint density at radius 3 is 2.40 bits per heavy atom. The molecule has 6 heteroatoms. The molecular weight excluding hydrogens is 216 g/mol. The van der Waals surface area contributed by atoms with Gasteiger partial charge in [0.2, 0.25) is 0 Å². The van der Waals surface area contributed by atoms with Crippen LogP contribution in [0, 0.1) is 11.6 Å². The summed E-state index contributed by atoms with van der Waals surface area (Å²) in [5, 5.41) is 0. The maximum atomic E-state index is 13.2. The summed E-state index contributed by atoms with van der Waals surface area (Å²) in [4.78, 5) is 10.8. The molecule has 2 nitrogen and oxygen atoms in total. The number of ketones is 1. The van der Waals surface area contributed by atoms with Crippen LogP contribution in [0.2, 0.25) is 0 Å². The van der Waals surface area contributed by atoms with Crippen LogP contribution in [0.4, 0.5) is 17.6 Å². The predicted octanol–water partition coefficient (Wildman–Crippen LogP) is 2.77. The van der Waals surface area contributed by atoms with Gasteiger partial charge in [-0.3, -0.25) is 4.79 Å². The molecule has 0 aromatic heterocycles. The number of ether oxygens (including phenoxy) is 1. The number of rotatable bonds is 3. The van der Waals surface area contributed by atoms with E-state index in [1.165, 1.54) is 0 Å². The molecular formula is C9H6F4O2. The number of hydrogen-bond acceptors (Lipinski definition) is 2. The highest BCUT2D eigenvalue weighted by atomic mass is 19.3. The van der Waals surface area contributed by atoms with E-state index < -0.39 is 35.3 Å². The largest absolute Gasteiger partial charge is 0.432 e. The first-order chi connectivity index (χ1) is 6.93. The average molecular weight is 222 g/mol. The summed E-state index contributed by atoms with van der Waals surface area (Å²) in [6, 6.07) is 1.39. The number of carbonyl (C=O) groups excluding carboxylic acids is 1. The minimum Gasteiger partial charge on any atom is -0.432 e. The minimum absolute atomic E-state index is 0.692. The molecule has 0 atom stereocenters. The molecule has 0 N–H and O–H groups in total. The number of carbonyl (C=O) groups is 1. The zero-order valence-electron chi connectivity index (χ0n) is 7.56. The van der Waals surface area contributed by atoms with Gasteiger partial charge >= 0.3 is 6.61 Å². The van der Waals surface area contributed by atoms with Gasteiger partial charge < -0.3 is 4.74 Å². The fraction of sp³-hybridized carbons (Fsp3) is 0.222. The lowest BCUT2D eigenvalue weighted by atomic mass is 10.1. The molecule has 0 saturated heterocycles. The average Bonchev–Trinajstić information content (AvgIpc) is 2.09. The van der Waals surface area contributed by atoms with Gasteiger partial charge in [0.15, 0.2) is 17.3 Å². The van der Waals surface area contributed by atoms with Crippen LogP contribution >= 0.6 is 0 Å². The first kappa shape index (κ1) is 11.5. The smallest absolute Gasteiger partial charge is 0.387 e. The van der Waals surface area contributed by atoms with E-state index in [0.29, 0.717) is 12.1 Å². The van der Waals surface area contributed by atoms with Crippen molar-refractivity contribution in [1.82, 2.24) is 0 Å². The number of halogens is 4. The quantitative estimate of drug-likeness (QED) is 0.580. The Morgan fingerprint density at radius 1 is 1.33 bits per heavy atom. The van der Waals surface area contributed by atoms with Crippen molar-refractivity contribution in [3.63, 3.8) is 0 Å². The van der Waals surface area contributed by atoms with Crippen LogP contribution < -0.4 is 4.74 Å². The van der Waals surface area contributed by atoms with Crippen LogP contribution in [-0.2, 0) is 0 Å². The van der Waals surface area contributed by atoms with E-state index in [2.05, 4.69) is 4.74 Å². The van der Waals surface area contributed by atoms with Crippen molar-refractivity contribution in [3.8, 4) is 5.75 Å². The standard InChI is InChI=1S/C9H6F4O2/c1-4(14)7-5(10)2-3-6(8(7)11)15-9(12)13/h2-3,9H,1H3. The highest BCUT2D eigenvalue weighted by Gasteiger charge is 2.20. The van der Waals surface area contributed by atoms with Gasteiger partial charge in [0, 0.05) is 0 Å². The molecule has 0 amide bonds. The van der Waals surface area contributed by atoms with E-state index in [-0.39, 0.29) is 0 Å². The molecule has 0 bridgehead atoms. The Balaban J connectivity index is 3.22. The van der Waals surface area contributed by atoms with Crippen LogP contribution in [-0.4, -0.2) is 12.4 Å². The molecule has 0 saturated carbocycles. The SMILES string of the molecule is CC(=O)c1c(F)ccc(OC(F)F)c1F. The van der Waals surface area contributed by atoms with Crippen molar-refractivity contribution in [2.45, 2.75) is 13.5 Å². The van der Waals surface area contributed by atoms with Crippen LogP contribution in [0.25, 0.3) is 0 Å². The molecule has 0 radical (unpaired) electrons. The van der Waals surface area contributed by atoms with Crippen LogP contribution in [0.3, 0.4) is 0 Å². The van der Waals surface area contributed by atoms with Crippen molar-refractivity contribution in [3.05, 3.63) is 29.3 Å². The molecule has 82 valence electrons. The molecule has 1 rings (SSSR count). The van der Waals surface area contributed by atoms with Crippen molar-refractivity contribution in [1.29, 1.82) is 0 Å². The van der Waals surface area contributed by atoms with Gasteiger partial charge in [-0.15, -0.1) is 0 Å². The van der Waals surface area contributed by atoms with Gasteiger partial charge in [0.05, 0.1) is 5.56 Å². The Labute approximate surface area is 82.5 Å². The minimum atomic E-state index is -3.23. The number of alkyl halides is 2. The number of hydrogen-bond donors (Lipinski definition) is 0. The molecule has 0 aliphatic heterocycles. The molecule has 1 aromatic rings. The van der Waals surface area contributed by atoms with Gasteiger partial charge in [0.25, 0.3) is 0 Å². The molecule has 0 spiro atoms. The maximum absolute atomic E-state index is 13.2. The second-order valence-corrected chi connectivity index (χ2v) is 2.67. The van der Waals surface area contributed by atoms with Gasteiger partial charge in [-0.05, 0) is 19.1 Å². The Bertz CT molecular complexity index is 390. The van der Waals surface area contributed by atoms with Crippen molar-refractivity contribution in [2.24, 2.45) is 0 Å². The van der Waals surface area contributed by atoms with Gasteiger partial charge in [-0.25, -0.2) is 8.78 Å². The molecule has 0 heterocycles. The normalized spacial score (nSPS) is 10.5. The van der Waals surface area contributed by atoms with E-state index in [9.17, 15) is 22.4 Å². The van der Waals surface area contributed by atoms with Gasteiger partial charge in [-0.1, -0.05) is 0 Å². The molecule has 0 aliphatic carbocycles. The fourth-order valence-corrected chi connectivity index (χ4v) is 1.04. The van der Waals surface area contributed by atoms with Gasteiger partial charge in [0.1, 0.15) is 5.82 Å². The van der Waals surface area contributed by atoms with E-state index in [0.717, 1.165) is 6.92 Å². The monoisotopic (exact) mass is 222 g/mol. The van der Waals surface area contributed by atoms with Crippen LogP contribution in [0.5, 0.6) is 5.75 Å². The maximum Gasteiger partial charge on any atom is 0.387 e. The van der Waals surface area contributed by atoms with E-state index in [1.54, 1.807) is 0 Å². The summed E-state index contributed by atoms with van der Waals surface area (Å²) in [7, 11) is 0. The van der Waals surface area contributed by atoms with E-state index in [4.69, 9.17) is 0 Å². The zero-order chi connectivity index (χ0) is 11.6. The van der Waals surface area contributed by atoms with Gasteiger partial charge in [-0.2, -0.15) is 8.78 Å². The zero-order valence-corrected chi connectivity index (χ0v) is 7.56. The summed E-state index contributed by atoms with van der Waals surface area (Å²) < 4.78 is 53.4. The van der Waals surface area contributed by atoms with Crippen molar-refractivity contribution >= 4 is 5.78 Å². The summed E-state index contributed by atoms with van der Waals surface area (Å²) >= 11 is 0. The van der Waals surface area contributed by atoms with Crippen LogP contribution in [0.15, 0.2) is 12.1 Å². The second-order valence-electron chi connectivity index (χ2n) is 2.67. The fourth-order valence-electron chi connectivity index (χ4n) is 1.04. The Hall–Kier alpha value is -1.59. The highest BCUT2D eigenvalue weighted by molar-refractivity contribution is 5.95. The number of benzene rings is 1. The van der Waals surface area contributed by atoms with Crippen molar-refractivity contribution < 1.29 is 27.1 Å². The lowest BCUT2D eigenvalue weighted by Gasteiger charge is -2.08. The first-order valence-electron chi connectivity index (χ1n) is 3.87. The summed E-state index contributed by atoms with van der Waals surface area (Å²) in [6.07, 6.45) is 0. The summed E-state index contributed by atoms with van der Waals surface area (Å²) in [5.41, 5.74) is -0.881. The predicted molar refractivity (Wildman–Crippen MR) is 43.0 cm³/mol. The highest BCUT2D eigenvalue weighted by Crippen LogP contribution is 2.24. The van der Waals surface area contributed by atoms with Crippen LogP contribution in [0.1, 0.15) is 17.3 Å². The number of Topliss-reactive ketones (excluding diaryl/α,β-unsaturated/α-hetero) is 1. The van der Waals surface area contributed by atoms with E-state index >= 15 is 0 Å². The lowest BCUT2D eigenvalue weighted by molar-refractivity contribution is -0.0523. The summed E-state index contributed by atoms with van der Waals surface area (Å²) in [5.74, 6) is -4.27. The molecule has 0 unspecified atom stereocenters. The van der Waals surface area contributed by atoms with E-state index in [1.807, 2.05) is 0 Å². The molecule has 1 aromatic carbocycles. The third-order valence-corrected chi connectivity index (χ3v) is 1.62.